The molecule has 1 aliphatic heterocycles. The Hall–Kier alpha value is -2.82. The van der Waals surface area contributed by atoms with Gasteiger partial charge in [-0.1, -0.05) is 29.8 Å². The molecular weight excluding hydrogens is 509 g/mol. The quantitative estimate of drug-likeness (QED) is 0.313. The van der Waals surface area contributed by atoms with Gasteiger partial charge in [-0.05, 0) is 19.1 Å². The standard InChI is InChI=1S/C22H25N5O3.HI/c1-16-5-7-17(8-6-16)19-14-24-20(30-19)15-25-22(23-2)27-11-9-26(10-12-27)21(28)18-4-3-13-29-18;/h3-8,13-14H,9-12,15H2,1-2H3,(H,23,25);1H. The van der Waals surface area contributed by atoms with Gasteiger partial charge in [-0.15, -0.1) is 24.0 Å². The molecule has 8 nitrogen and oxygen atoms in total. The molecule has 9 heteroatoms. The Labute approximate surface area is 198 Å². The lowest BCUT2D eigenvalue weighted by molar-refractivity contribution is 0.0657. The van der Waals surface area contributed by atoms with Gasteiger partial charge in [-0.3, -0.25) is 9.79 Å². The van der Waals surface area contributed by atoms with Crippen LogP contribution in [0.3, 0.4) is 0 Å². The van der Waals surface area contributed by atoms with E-state index in [1.807, 2.05) is 24.3 Å². The van der Waals surface area contributed by atoms with Crippen molar-refractivity contribution < 1.29 is 13.6 Å². The molecule has 0 saturated carbocycles. The number of rotatable bonds is 4. The molecule has 4 rings (SSSR count). The van der Waals surface area contributed by atoms with Gasteiger partial charge in [0.15, 0.2) is 17.5 Å². The molecular formula is C22H26IN5O3. The molecule has 3 heterocycles. The Morgan fingerprint density at radius 3 is 2.48 bits per heavy atom. The molecule has 2 aromatic heterocycles. The predicted molar refractivity (Wildman–Crippen MR) is 128 cm³/mol. The molecule has 0 radical (unpaired) electrons. The predicted octanol–water partition coefficient (Wildman–Crippen LogP) is 3.39. The topological polar surface area (TPSA) is 87.1 Å². The number of furan rings is 1. The number of nitrogens with zero attached hydrogens (tertiary/aromatic N) is 4. The zero-order valence-corrected chi connectivity index (χ0v) is 19.9. The molecule has 3 aromatic rings. The van der Waals surface area contributed by atoms with Crippen molar-refractivity contribution >= 4 is 35.8 Å². The van der Waals surface area contributed by atoms with E-state index in [2.05, 4.69) is 27.1 Å². The van der Waals surface area contributed by atoms with Crippen LogP contribution in [-0.4, -0.2) is 59.9 Å². The first kappa shape index (κ1) is 22.9. The van der Waals surface area contributed by atoms with Crippen LogP contribution in [0.1, 0.15) is 22.0 Å². The largest absolute Gasteiger partial charge is 0.459 e. The maximum absolute atomic E-state index is 12.4. The number of carbonyl (C=O) groups is 1. The van der Waals surface area contributed by atoms with Gasteiger partial charge in [0.25, 0.3) is 5.91 Å². The monoisotopic (exact) mass is 535 g/mol. The minimum atomic E-state index is -0.0778. The third-order valence-electron chi connectivity index (χ3n) is 5.10. The summed E-state index contributed by atoms with van der Waals surface area (Å²) in [6, 6.07) is 11.6. The molecule has 1 fully saturated rings. The van der Waals surface area contributed by atoms with E-state index in [-0.39, 0.29) is 29.9 Å². The van der Waals surface area contributed by atoms with E-state index in [1.165, 1.54) is 11.8 Å². The van der Waals surface area contributed by atoms with Crippen molar-refractivity contribution in [2.75, 3.05) is 33.2 Å². The van der Waals surface area contributed by atoms with Crippen molar-refractivity contribution in [1.82, 2.24) is 20.1 Å². The minimum absolute atomic E-state index is 0. The summed E-state index contributed by atoms with van der Waals surface area (Å²) >= 11 is 0. The molecule has 1 amide bonds. The number of oxazole rings is 1. The van der Waals surface area contributed by atoms with Crippen LogP contribution < -0.4 is 5.32 Å². The van der Waals surface area contributed by atoms with Crippen LogP contribution in [0, 0.1) is 6.92 Å². The average Bonchev–Trinajstić information content (AvgIpc) is 3.47. The van der Waals surface area contributed by atoms with Crippen LogP contribution in [0.4, 0.5) is 0 Å². The smallest absolute Gasteiger partial charge is 0.289 e. The van der Waals surface area contributed by atoms with Crippen LogP contribution in [0.2, 0.25) is 0 Å². The second kappa shape index (κ2) is 10.5. The number of benzene rings is 1. The van der Waals surface area contributed by atoms with Crippen molar-refractivity contribution in [3.05, 3.63) is 66.1 Å². The zero-order chi connectivity index (χ0) is 20.9. The van der Waals surface area contributed by atoms with E-state index in [9.17, 15) is 4.79 Å². The van der Waals surface area contributed by atoms with E-state index in [1.54, 1.807) is 30.3 Å². The van der Waals surface area contributed by atoms with Crippen molar-refractivity contribution in [2.45, 2.75) is 13.5 Å². The van der Waals surface area contributed by atoms with Crippen LogP contribution >= 0.6 is 24.0 Å². The van der Waals surface area contributed by atoms with Crippen molar-refractivity contribution in [3.63, 3.8) is 0 Å². The van der Waals surface area contributed by atoms with E-state index >= 15 is 0 Å². The number of nitrogens with one attached hydrogen (secondary N) is 1. The third kappa shape index (κ3) is 5.46. The molecule has 0 unspecified atom stereocenters. The van der Waals surface area contributed by atoms with Crippen LogP contribution in [-0.2, 0) is 6.54 Å². The fourth-order valence-corrected chi connectivity index (χ4v) is 3.41. The van der Waals surface area contributed by atoms with Gasteiger partial charge in [0.05, 0.1) is 19.0 Å². The summed E-state index contributed by atoms with van der Waals surface area (Å²) in [5.41, 5.74) is 2.20. The van der Waals surface area contributed by atoms with E-state index in [0.29, 0.717) is 44.4 Å². The second-order valence-electron chi connectivity index (χ2n) is 7.14. The number of aryl methyl sites for hydroxylation is 1. The molecule has 31 heavy (non-hydrogen) atoms. The molecule has 1 aliphatic rings. The molecule has 164 valence electrons. The number of aromatic nitrogens is 1. The molecule has 0 aliphatic carbocycles. The highest BCUT2D eigenvalue weighted by molar-refractivity contribution is 14.0. The van der Waals surface area contributed by atoms with Crippen LogP contribution in [0.5, 0.6) is 0 Å². The van der Waals surface area contributed by atoms with Gasteiger partial charge < -0.3 is 24.0 Å². The average molecular weight is 535 g/mol. The number of amides is 1. The Morgan fingerprint density at radius 1 is 1.13 bits per heavy atom. The minimum Gasteiger partial charge on any atom is -0.459 e. The first-order chi connectivity index (χ1) is 14.6. The first-order valence-corrected chi connectivity index (χ1v) is 9.94. The molecule has 0 bridgehead atoms. The summed E-state index contributed by atoms with van der Waals surface area (Å²) in [4.78, 5) is 25.0. The third-order valence-corrected chi connectivity index (χ3v) is 5.10. The summed E-state index contributed by atoms with van der Waals surface area (Å²) < 4.78 is 11.1. The summed E-state index contributed by atoms with van der Waals surface area (Å²) in [5, 5.41) is 3.30. The number of aliphatic imine (C=N–C) groups is 1. The zero-order valence-electron chi connectivity index (χ0n) is 17.6. The fourth-order valence-electron chi connectivity index (χ4n) is 3.41. The number of hydrogen-bond donors (Lipinski definition) is 1. The summed E-state index contributed by atoms with van der Waals surface area (Å²) in [7, 11) is 1.75. The Bertz CT molecular complexity index is 1010. The molecule has 0 atom stereocenters. The maximum Gasteiger partial charge on any atom is 0.289 e. The summed E-state index contributed by atoms with van der Waals surface area (Å²) in [5.74, 6) is 2.39. The van der Waals surface area contributed by atoms with Gasteiger partial charge >= 0.3 is 0 Å². The van der Waals surface area contributed by atoms with Crippen molar-refractivity contribution in [2.24, 2.45) is 4.99 Å². The molecule has 1 aromatic carbocycles. The number of guanidine groups is 1. The Morgan fingerprint density at radius 2 is 1.84 bits per heavy atom. The Balaban J connectivity index is 0.00000272. The normalized spacial score (nSPS) is 14.3. The summed E-state index contributed by atoms with van der Waals surface area (Å²) in [6.07, 6.45) is 3.26. The van der Waals surface area contributed by atoms with E-state index in [4.69, 9.17) is 8.83 Å². The molecule has 0 spiro atoms. The second-order valence-corrected chi connectivity index (χ2v) is 7.14. The van der Waals surface area contributed by atoms with E-state index < -0.39 is 0 Å². The molecule has 1 N–H and O–H groups in total. The first-order valence-electron chi connectivity index (χ1n) is 9.94. The van der Waals surface area contributed by atoms with Crippen molar-refractivity contribution in [1.29, 1.82) is 0 Å². The lowest BCUT2D eigenvalue weighted by Crippen LogP contribution is -2.53. The van der Waals surface area contributed by atoms with E-state index in [0.717, 1.165) is 17.3 Å². The highest BCUT2D eigenvalue weighted by atomic mass is 127. The highest BCUT2D eigenvalue weighted by Gasteiger charge is 2.25. The number of halogens is 1. The number of piperazine rings is 1. The maximum atomic E-state index is 12.4. The lowest BCUT2D eigenvalue weighted by atomic mass is 10.1. The lowest BCUT2D eigenvalue weighted by Gasteiger charge is -2.36. The Kier molecular flexibility index (Phi) is 7.72. The molecule has 1 saturated heterocycles. The summed E-state index contributed by atoms with van der Waals surface area (Å²) in [6.45, 7) is 5.08. The number of carbonyl (C=O) groups excluding carboxylic acids is 1. The van der Waals surface area contributed by atoms with Crippen LogP contribution in [0.25, 0.3) is 11.3 Å². The highest BCUT2D eigenvalue weighted by Crippen LogP contribution is 2.20. The fraction of sp³-hybridized carbons (Fsp3) is 0.318. The van der Waals surface area contributed by atoms with Crippen molar-refractivity contribution in [3.8, 4) is 11.3 Å². The van der Waals surface area contributed by atoms with Gasteiger partial charge in [0, 0.05) is 38.8 Å². The SMILES string of the molecule is CN=C(NCc1ncc(-c2ccc(C)cc2)o1)N1CCN(C(=O)c2ccco2)CC1.I. The van der Waals surface area contributed by atoms with Gasteiger partial charge in [0.2, 0.25) is 5.89 Å². The van der Waals surface area contributed by atoms with Gasteiger partial charge in [-0.25, -0.2) is 4.98 Å². The van der Waals surface area contributed by atoms with Gasteiger partial charge in [-0.2, -0.15) is 0 Å². The number of hydrogen-bond acceptors (Lipinski definition) is 5. The van der Waals surface area contributed by atoms with Gasteiger partial charge in [0.1, 0.15) is 0 Å². The van der Waals surface area contributed by atoms with Crippen LogP contribution in [0.15, 0.2) is 62.7 Å².